The third kappa shape index (κ3) is 6.61. The summed E-state index contributed by atoms with van der Waals surface area (Å²) in [6, 6.07) is 9.81. The van der Waals surface area contributed by atoms with Crippen LogP contribution in [-0.4, -0.2) is 46.6 Å². The molecule has 27 heavy (non-hydrogen) atoms. The molecule has 0 aliphatic heterocycles. The summed E-state index contributed by atoms with van der Waals surface area (Å²) in [5.74, 6) is 0.856. The average molecular weight is 454 g/mol. The highest BCUT2D eigenvalue weighted by molar-refractivity contribution is 7.91. The molecule has 5 nitrogen and oxygen atoms in total. The fourth-order valence-electron chi connectivity index (χ4n) is 2.06. The molecule has 0 fully saturated rings. The molecule has 9 heteroatoms. The van der Waals surface area contributed by atoms with Crippen molar-refractivity contribution < 1.29 is 24.2 Å². The van der Waals surface area contributed by atoms with Gasteiger partial charge in [-0.15, -0.1) is 11.6 Å². The summed E-state index contributed by atoms with van der Waals surface area (Å²) < 4.78 is 23.6. The van der Waals surface area contributed by atoms with Gasteiger partial charge in [-0.05, 0) is 24.3 Å². The topological polar surface area (TPSA) is 82.0 Å². The predicted octanol–water partition coefficient (Wildman–Crippen LogP) is 3.90. The van der Waals surface area contributed by atoms with Crippen LogP contribution in [-0.2, 0) is 11.2 Å². The third-order valence-corrected chi connectivity index (χ3v) is 5.67. The van der Waals surface area contributed by atoms with E-state index in [0.717, 1.165) is 0 Å². The smallest absolute Gasteiger partial charge is 0.161 e. The zero-order chi connectivity index (χ0) is 19.8. The van der Waals surface area contributed by atoms with E-state index in [1.807, 2.05) is 0 Å². The van der Waals surface area contributed by atoms with Gasteiger partial charge in [-0.25, -0.2) is 0 Å². The quantitative estimate of drug-likeness (QED) is 0.324. The van der Waals surface area contributed by atoms with Gasteiger partial charge in [-0.3, -0.25) is 0 Å². The number of hydrogen-bond donors (Lipinski definition) is 2. The monoisotopic (exact) mass is 452 g/mol. The van der Waals surface area contributed by atoms with Crippen molar-refractivity contribution >= 4 is 46.0 Å². The second-order valence-corrected chi connectivity index (χ2v) is 8.10. The summed E-state index contributed by atoms with van der Waals surface area (Å²) in [5, 5.41) is 18.6. The molecular formula is C18H19Cl3O5S. The molecule has 0 spiro atoms. The molecule has 0 bridgehead atoms. The van der Waals surface area contributed by atoms with E-state index >= 15 is 0 Å². The minimum absolute atomic E-state index is 0.0248. The van der Waals surface area contributed by atoms with Crippen LogP contribution in [0, 0.1) is 0 Å². The lowest BCUT2D eigenvalue weighted by Gasteiger charge is -2.15. The Kier molecular flexibility index (Phi) is 9.32. The highest BCUT2D eigenvalue weighted by Gasteiger charge is 2.20. The lowest BCUT2D eigenvalue weighted by Crippen LogP contribution is -2.19. The number of halogens is 3. The van der Waals surface area contributed by atoms with Crippen LogP contribution in [0.2, 0.25) is 10.0 Å². The average Bonchev–Trinajstić information content (AvgIpc) is 2.67. The zero-order valence-corrected chi connectivity index (χ0v) is 17.3. The minimum Gasteiger partial charge on any atom is -0.606 e. The second kappa shape index (κ2) is 11.2. The van der Waals surface area contributed by atoms with Gasteiger partial charge in [-0.2, -0.15) is 0 Å². The fraction of sp³-hybridized carbons (Fsp3) is 0.333. The van der Waals surface area contributed by atoms with Crippen molar-refractivity contribution in [1.82, 2.24) is 0 Å². The maximum absolute atomic E-state index is 12.8. The Morgan fingerprint density at radius 2 is 1.67 bits per heavy atom. The number of rotatable bonds is 10. The summed E-state index contributed by atoms with van der Waals surface area (Å²) in [6.45, 7) is 0.418. The summed E-state index contributed by atoms with van der Waals surface area (Å²) >= 11 is 16.4. The Hall–Kier alpha value is -0.860. The molecule has 0 saturated carbocycles. The molecule has 0 amide bonds. The maximum Gasteiger partial charge on any atom is 0.161 e. The van der Waals surface area contributed by atoms with Gasteiger partial charge >= 0.3 is 0 Å². The Labute approximate surface area is 175 Å². The van der Waals surface area contributed by atoms with E-state index < -0.39 is 17.3 Å². The third-order valence-electron chi connectivity index (χ3n) is 3.39. The van der Waals surface area contributed by atoms with E-state index in [1.165, 1.54) is 12.1 Å². The fourth-order valence-corrected chi connectivity index (χ4v) is 3.98. The van der Waals surface area contributed by atoms with E-state index in [4.69, 9.17) is 49.4 Å². The minimum atomic E-state index is -1.50. The predicted molar refractivity (Wildman–Crippen MR) is 107 cm³/mol. The normalized spacial score (nSPS) is 13.3. The molecule has 0 aromatic heterocycles. The van der Waals surface area contributed by atoms with Gasteiger partial charge in [0.1, 0.15) is 18.5 Å². The Balaban J connectivity index is 2.10. The number of ether oxygens (including phenoxy) is 2. The van der Waals surface area contributed by atoms with Crippen LogP contribution in [0.3, 0.4) is 0 Å². The Morgan fingerprint density at radius 1 is 1.04 bits per heavy atom. The van der Waals surface area contributed by atoms with Crippen molar-refractivity contribution in [3.8, 4) is 11.5 Å². The molecule has 0 aliphatic rings. The van der Waals surface area contributed by atoms with Crippen molar-refractivity contribution in [2.75, 3.05) is 25.7 Å². The largest absolute Gasteiger partial charge is 0.606 e. The first-order valence-corrected chi connectivity index (χ1v) is 10.5. The van der Waals surface area contributed by atoms with Crippen LogP contribution in [0.1, 0.15) is 6.42 Å². The summed E-state index contributed by atoms with van der Waals surface area (Å²) in [4.78, 5) is 0.979. The van der Waals surface area contributed by atoms with Crippen LogP contribution in [0.4, 0.5) is 0 Å². The summed E-state index contributed by atoms with van der Waals surface area (Å²) in [7, 11) is 0. The SMILES string of the molecule is [O-][S+](c1ccc(OCCCO)cc1)c1cc(Cl)c(OCC(O)CCl)c(Cl)c1. The van der Waals surface area contributed by atoms with Crippen molar-refractivity contribution in [1.29, 1.82) is 0 Å². The van der Waals surface area contributed by atoms with Gasteiger partial charge in [0.2, 0.25) is 0 Å². The lowest BCUT2D eigenvalue weighted by molar-refractivity contribution is 0.125. The zero-order valence-electron chi connectivity index (χ0n) is 14.2. The second-order valence-electron chi connectivity index (χ2n) is 5.50. The molecule has 0 radical (unpaired) electrons. The first-order valence-electron chi connectivity index (χ1n) is 8.07. The van der Waals surface area contributed by atoms with Gasteiger partial charge in [0.25, 0.3) is 0 Å². The van der Waals surface area contributed by atoms with Gasteiger partial charge in [0.15, 0.2) is 15.5 Å². The number of hydrogen-bond acceptors (Lipinski definition) is 5. The van der Waals surface area contributed by atoms with Crippen LogP contribution >= 0.6 is 34.8 Å². The number of aliphatic hydroxyl groups excluding tert-OH is 2. The molecule has 2 aromatic carbocycles. The first kappa shape index (κ1) is 22.4. The van der Waals surface area contributed by atoms with Crippen molar-refractivity contribution in [3.05, 3.63) is 46.4 Å². The Morgan fingerprint density at radius 3 is 2.22 bits per heavy atom. The highest BCUT2D eigenvalue weighted by atomic mass is 35.5. The summed E-state index contributed by atoms with van der Waals surface area (Å²) in [6.07, 6.45) is -0.299. The van der Waals surface area contributed by atoms with Crippen molar-refractivity contribution in [2.24, 2.45) is 0 Å². The van der Waals surface area contributed by atoms with Crippen LogP contribution in [0.25, 0.3) is 0 Å². The first-order chi connectivity index (χ1) is 13.0. The van der Waals surface area contributed by atoms with Crippen molar-refractivity contribution in [3.63, 3.8) is 0 Å². The van der Waals surface area contributed by atoms with Gasteiger partial charge in [0.05, 0.1) is 22.5 Å². The summed E-state index contributed by atoms with van der Waals surface area (Å²) in [5.41, 5.74) is 0. The van der Waals surface area contributed by atoms with E-state index in [1.54, 1.807) is 24.3 Å². The van der Waals surface area contributed by atoms with Crippen LogP contribution in [0.5, 0.6) is 11.5 Å². The molecular weight excluding hydrogens is 435 g/mol. The molecule has 2 N–H and O–H groups in total. The van der Waals surface area contributed by atoms with E-state index in [0.29, 0.717) is 28.6 Å². The standard InChI is InChI=1S/C18H19Cl3O5S/c19-10-12(23)11-26-18-16(20)8-15(9-17(18)21)27(24)14-4-2-13(3-5-14)25-7-1-6-22/h2-5,8-9,12,22-23H,1,6-7,10-11H2. The van der Waals surface area contributed by atoms with Gasteiger partial charge in [-0.1, -0.05) is 23.2 Å². The molecule has 0 aliphatic carbocycles. The van der Waals surface area contributed by atoms with Crippen molar-refractivity contribution in [2.45, 2.75) is 22.3 Å². The molecule has 0 heterocycles. The lowest BCUT2D eigenvalue weighted by atomic mass is 10.3. The van der Waals surface area contributed by atoms with E-state index in [2.05, 4.69) is 0 Å². The van der Waals surface area contributed by atoms with E-state index in [-0.39, 0.29) is 34.9 Å². The number of benzene rings is 2. The molecule has 2 unspecified atom stereocenters. The van der Waals surface area contributed by atoms with E-state index in [9.17, 15) is 9.66 Å². The molecule has 148 valence electrons. The number of alkyl halides is 1. The van der Waals surface area contributed by atoms with Gasteiger partial charge < -0.3 is 24.2 Å². The van der Waals surface area contributed by atoms with Crippen LogP contribution in [0.15, 0.2) is 46.2 Å². The van der Waals surface area contributed by atoms with Gasteiger partial charge in [0, 0.05) is 36.3 Å². The number of aliphatic hydroxyl groups is 2. The molecule has 0 saturated heterocycles. The molecule has 2 rings (SSSR count). The Bertz CT molecular complexity index is 706. The molecule has 2 aromatic rings. The highest BCUT2D eigenvalue weighted by Crippen LogP contribution is 2.37. The maximum atomic E-state index is 12.8. The molecule has 2 atom stereocenters. The van der Waals surface area contributed by atoms with Crippen LogP contribution < -0.4 is 9.47 Å².